The van der Waals surface area contributed by atoms with Gasteiger partial charge in [-0.05, 0) is 30.5 Å². The van der Waals surface area contributed by atoms with Crippen molar-refractivity contribution in [2.45, 2.75) is 25.0 Å². The van der Waals surface area contributed by atoms with E-state index in [1.807, 2.05) is 0 Å². The Kier molecular flexibility index (Phi) is 5.62. The van der Waals surface area contributed by atoms with E-state index in [4.69, 9.17) is 16.7 Å². The standard InChI is InChI=1S/C12H15ClO4S/c13-11-5-3-4-10(8-11)9-18(16,17)7-2-1-6-12(14)15/h3-5,8H,1-2,6-7,9H2,(H,14,15). The van der Waals surface area contributed by atoms with E-state index in [0.717, 1.165) is 0 Å². The summed E-state index contributed by atoms with van der Waals surface area (Å²) in [6, 6.07) is 6.72. The molecule has 6 heteroatoms. The largest absolute Gasteiger partial charge is 0.481 e. The van der Waals surface area contributed by atoms with Gasteiger partial charge in [0.25, 0.3) is 0 Å². The van der Waals surface area contributed by atoms with E-state index in [1.165, 1.54) is 0 Å². The third-order valence-corrected chi connectivity index (χ3v) is 4.29. The predicted octanol–water partition coefficient (Wildman–Crippen LogP) is 2.51. The summed E-state index contributed by atoms with van der Waals surface area (Å²) in [4.78, 5) is 10.3. The highest BCUT2D eigenvalue weighted by Gasteiger charge is 2.12. The highest BCUT2D eigenvalue weighted by atomic mass is 35.5. The van der Waals surface area contributed by atoms with Crippen LogP contribution in [0.4, 0.5) is 0 Å². The molecule has 0 aromatic heterocycles. The van der Waals surface area contributed by atoms with Gasteiger partial charge in [0.1, 0.15) is 0 Å². The first kappa shape index (κ1) is 15.0. The lowest BCUT2D eigenvalue weighted by atomic mass is 10.2. The maximum Gasteiger partial charge on any atom is 0.303 e. The fraction of sp³-hybridized carbons (Fsp3) is 0.417. The molecule has 100 valence electrons. The Balaban J connectivity index is 2.47. The van der Waals surface area contributed by atoms with Crippen molar-refractivity contribution in [3.8, 4) is 0 Å². The van der Waals surface area contributed by atoms with Crippen LogP contribution in [-0.4, -0.2) is 25.2 Å². The zero-order valence-corrected chi connectivity index (χ0v) is 11.4. The van der Waals surface area contributed by atoms with Gasteiger partial charge < -0.3 is 5.11 Å². The molecule has 18 heavy (non-hydrogen) atoms. The summed E-state index contributed by atoms with van der Waals surface area (Å²) in [5.74, 6) is -0.949. The quantitative estimate of drug-likeness (QED) is 0.783. The van der Waals surface area contributed by atoms with Gasteiger partial charge in [0.2, 0.25) is 0 Å². The van der Waals surface area contributed by atoms with Crippen molar-refractivity contribution in [2.24, 2.45) is 0 Å². The number of sulfone groups is 1. The van der Waals surface area contributed by atoms with Crippen molar-refractivity contribution in [2.75, 3.05) is 5.75 Å². The maximum atomic E-state index is 11.8. The first-order valence-corrected chi connectivity index (χ1v) is 7.76. The fourth-order valence-electron chi connectivity index (χ4n) is 1.55. The number of halogens is 1. The summed E-state index contributed by atoms with van der Waals surface area (Å²) in [5, 5.41) is 8.95. The van der Waals surface area contributed by atoms with Crippen molar-refractivity contribution in [3.63, 3.8) is 0 Å². The Morgan fingerprint density at radius 1 is 1.28 bits per heavy atom. The lowest BCUT2D eigenvalue weighted by Gasteiger charge is -2.04. The van der Waals surface area contributed by atoms with Crippen LogP contribution in [0.5, 0.6) is 0 Å². The van der Waals surface area contributed by atoms with Crippen molar-refractivity contribution in [3.05, 3.63) is 34.9 Å². The molecule has 1 N–H and O–H groups in total. The van der Waals surface area contributed by atoms with Gasteiger partial charge in [-0.25, -0.2) is 8.42 Å². The number of carboxylic acids is 1. The molecule has 1 aromatic rings. The first-order valence-electron chi connectivity index (χ1n) is 5.56. The summed E-state index contributed by atoms with van der Waals surface area (Å²) in [5.41, 5.74) is 0.653. The molecule has 4 nitrogen and oxygen atoms in total. The lowest BCUT2D eigenvalue weighted by Crippen LogP contribution is -2.10. The van der Waals surface area contributed by atoms with Gasteiger partial charge in [-0.3, -0.25) is 4.79 Å². The van der Waals surface area contributed by atoms with Gasteiger partial charge in [-0.2, -0.15) is 0 Å². The summed E-state index contributed by atoms with van der Waals surface area (Å²) in [6.45, 7) is 0. The van der Waals surface area contributed by atoms with Crippen LogP contribution in [0.25, 0.3) is 0 Å². The van der Waals surface area contributed by atoms with Crippen LogP contribution in [0.3, 0.4) is 0 Å². The Labute approximate surface area is 112 Å². The maximum absolute atomic E-state index is 11.8. The fourth-order valence-corrected chi connectivity index (χ4v) is 3.24. The molecule has 0 fully saturated rings. The smallest absolute Gasteiger partial charge is 0.303 e. The first-order chi connectivity index (χ1) is 8.39. The molecule has 0 heterocycles. The van der Waals surface area contributed by atoms with E-state index < -0.39 is 15.8 Å². The van der Waals surface area contributed by atoms with Crippen LogP contribution >= 0.6 is 11.6 Å². The topological polar surface area (TPSA) is 71.4 Å². The number of aliphatic carboxylic acids is 1. The van der Waals surface area contributed by atoms with Gasteiger partial charge in [0, 0.05) is 11.4 Å². The van der Waals surface area contributed by atoms with Gasteiger partial charge in [0.15, 0.2) is 9.84 Å². The van der Waals surface area contributed by atoms with E-state index in [2.05, 4.69) is 0 Å². The van der Waals surface area contributed by atoms with Crippen LogP contribution in [0, 0.1) is 0 Å². The van der Waals surface area contributed by atoms with Crippen LogP contribution in [0.1, 0.15) is 24.8 Å². The average Bonchev–Trinajstić information content (AvgIpc) is 2.23. The van der Waals surface area contributed by atoms with E-state index in [0.29, 0.717) is 23.4 Å². The molecule has 0 radical (unpaired) electrons. The van der Waals surface area contributed by atoms with Gasteiger partial charge >= 0.3 is 5.97 Å². The molecular weight excluding hydrogens is 276 g/mol. The van der Waals surface area contributed by atoms with Crippen molar-refractivity contribution in [1.82, 2.24) is 0 Å². The van der Waals surface area contributed by atoms with Crippen molar-refractivity contribution >= 4 is 27.4 Å². The number of unbranched alkanes of at least 4 members (excludes halogenated alkanes) is 1. The zero-order valence-electron chi connectivity index (χ0n) is 9.80. The second-order valence-electron chi connectivity index (χ2n) is 4.07. The monoisotopic (exact) mass is 290 g/mol. The van der Waals surface area contributed by atoms with E-state index >= 15 is 0 Å². The third kappa shape index (κ3) is 6.02. The lowest BCUT2D eigenvalue weighted by molar-refractivity contribution is -0.137. The van der Waals surface area contributed by atoms with E-state index in [1.54, 1.807) is 24.3 Å². The van der Waals surface area contributed by atoms with Gasteiger partial charge in [0.05, 0.1) is 11.5 Å². The zero-order chi connectivity index (χ0) is 13.6. The Morgan fingerprint density at radius 2 is 2.00 bits per heavy atom. The Bertz CT molecular complexity index is 511. The Morgan fingerprint density at radius 3 is 2.61 bits per heavy atom. The van der Waals surface area contributed by atoms with E-state index in [-0.39, 0.29) is 17.9 Å². The molecule has 0 amide bonds. The minimum absolute atomic E-state index is 0.00663. The average molecular weight is 291 g/mol. The molecule has 0 atom stereocenters. The number of carboxylic acid groups (broad SMARTS) is 1. The van der Waals surface area contributed by atoms with E-state index in [9.17, 15) is 13.2 Å². The number of benzene rings is 1. The normalized spacial score (nSPS) is 11.4. The van der Waals surface area contributed by atoms with Crippen molar-refractivity contribution in [1.29, 1.82) is 0 Å². The van der Waals surface area contributed by atoms with Crippen LogP contribution < -0.4 is 0 Å². The molecule has 0 saturated carbocycles. The van der Waals surface area contributed by atoms with Crippen LogP contribution in [0.2, 0.25) is 5.02 Å². The van der Waals surface area contributed by atoms with Crippen molar-refractivity contribution < 1.29 is 18.3 Å². The molecule has 1 rings (SSSR count). The molecule has 0 saturated heterocycles. The number of hydrogen-bond donors (Lipinski definition) is 1. The minimum atomic E-state index is -3.20. The molecule has 1 aromatic carbocycles. The second-order valence-corrected chi connectivity index (χ2v) is 6.69. The molecule has 0 aliphatic heterocycles. The summed E-state index contributed by atoms with van der Waals surface area (Å²) in [7, 11) is -3.20. The number of rotatable bonds is 7. The SMILES string of the molecule is O=C(O)CCCCS(=O)(=O)Cc1cccc(Cl)c1. The summed E-state index contributed by atoms with van der Waals surface area (Å²) >= 11 is 5.78. The minimum Gasteiger partial charge on any atom is -0.481 e. The Hall–Kier alpha value is -1.07. The van der Waals surface area contributed by atoms with Crippen LogP contribution in [-0.2, 0) is 20.4 Å². The molecule has 0 aliphatic rings. The molecule has 0 spiro atoms. The number of carbonyl (C=O) groups is 1. The summed E-state index contributed by atoms with van der Waals surface area (Å²) in [6.07, 6.45) is 0.756. The third-order valence-electron chi connectivity index (χ3n) is 2.37. The molecular formula is C12H15ClO4S. The van der Waals surface area contributed by atoms with Gasteiger partial charge in [-0.15, -0.1) is 0 Å². The predicted molar refractivity (Wildman–Crippen MR) is 70.4 cm³/mol. The molecule has 0 aliphatic carbocycles. The molecule has 0 bridgehead atoms. The highest BCUT2D eigenvalue weighted by Crippen LogP contribution is 2.14. The van der Waals surface area contributed by atoms with Gasteiger partial charge in [-0.1, -0.05) is 23.7 Å². The molecule has 0 unspecified atom stereocenters. The highest BCUT2D eigenvalue weighted by molar-refractivity contribution is 7.90. The second kappa shape index (κ2) is 6.75. The summed E-state index contributed by atoms with van der Waals surface area (Å²) < 4.78 is 23.5. The van der Waals surface area contributed by atoms with Crippen LogP contribution in [0.15, 0.2) is 24.3 Å². The number of hydrogen-bond acceptors (Lipinski definition) is 3.